The van der Waals surface area contributed by atoms with Crippen LogP contribution in [0, 0.1) is 3.57 Å². The van der Waals surface area contributed by atoms with E-state index in [1.807, 2.05) is 6.07 Å². The van der Waals surface area contributed by atoms with E-state index in [-0.39, 0.29) is 21.6 Å². The van der Waals surface area contributed by atoms with Gasteiger partial charge in [-0.15, -0.1) is 0 Å². The average Bonchev–Trinajstić information content (AvgIpc) is 2.35. The van der Waals surface area contributed by atoms with Crippen LogP contribution in [0.1, 0.15) is 10.4 Å². The fraction of sp³-hybridized carbons (Fsp3) is 0. The maximum Gasteiger partial charge on any atom is 0.258 e. The first-order chi connectivity index (χ1) is 8.56. The number of carbonyl (C=O) groups excluding carboxylic acids is 1. The van der Waals surface area contributed by atoms with E-state index >= 15 is 0 Å². The summed E-state index contributed by atoms with van der Waals surface area (Å²) >= 11 is 13.7. The van der Waals surface area contributed by atoms with Crippen LogP contribution in [-0.2, 0) is 0 Å². The highest BCUT2D eigenvalue weighted by molar-refractivity contribution is 14.1. The summed E-state index contributed by atoms with van der Waals surface area (Å²) in [5.41, 5.74) is 0.261. The SMILES string of the molecule is O=C(Nc1ccc(I)cn1)c1cc(Cl)ncc1Cl. The average molecular weight is 394 g/mol. The van der Waals surface area contributed by atoms with Gasteiger partial charge in [0.1, 0.15) is 11.0 Å². The molecule has 1 amide bonds. The molecule has 92 valence electrons. The largest absolute Gasteiger partial charge is 0.307 e. The third-order valence-electron chi connectivity index (χ3n) is 2.04. The van der Waals surface area contributed by atoms with Gasteiger partial charge in [0.2, 0.25) is 0 Å². The Labute approximate surface area is 127 Å². The summed E-state index contributed by atoms with van der Waals surface area (Å²) in [6, 6.07) is 4.95. The highest BCUT2D eigenvalue weighted by atomic mass is 127. The molecule has 0 bridgehead atoms. The minimum absolute atomic E-state index is 0.208. The molecular weight excluding hydrogens is 388 g/mol. The normalized spacial score (nSPS) is 10.2. The molecule has 0 fully saturated rings. The van der Waals surface area contributed by atoms with Gasteiger partial charge in [-0.25, -0.2) is 9.97 Å². The first kappa shape index (κ1) is 13.5. The number of pyridine rings is 2. The number of amides is 1. The van der Waals surface area contributed by atoms with Crippen molar-refractivity contribution < 1.29 is 4.79 Å². The Hall–Kier alpha value is -0.920. The van der Waals surface area contributed by atoms with Gasteiger partial charge in [-0.2, -0.15) is 0 Å². The van der Waals surface area contributed by atoms with Crippen LogP contribution in [0.15, 0.2) is 30.6 Å². The molecule has 2 rings (SSSR count). The number of anilines is 1. The molecule has 2 heterocycles. The summed E-state index contributed by atoms with van der Waals surface area (Å²) in [6.45, 7) is 0. The Bertz CT molecular complexity index is 589. The molecule has 0 aliphatic heterocycles. The van der Waals surface area contributed by atoms with Crippen LogP contribution >= 0.6 is 45.8 Å². The second-order valence-corrected chi connectivity index (χ2v) is 5.34. The molecule has 0 saturated heterocycles. The third-order valence-corrected chi connectivity index (χ3v) is 3.18. The molecule has 18 heavy (non-hydrogen) atoms. The standard InChI is InChI=1S/C11H6Cl2IN3O/c12-8-5-15-9(13)3-7(8)11(18)17-10-2-1-6(14)4-16-10/h1-5H,(H,16,17,18). The first-order valence-corrected chi connectivity index (χ1v) is 6.63. The Morgan fingerprint density at radius 2 is 2.00 bits per heavy atom. The van der Waals surface area contributed by atoms with Crippen molar-refractivity contribution in [3.05, 3.63) is 49.9 Å². The van der Waals surface area contributed by atoms with Gasteiger partial charge in [-0.3, -0.25) is 4.79 Å². The van der Waals surface area contributed by atoms with Crippen molar-refractivity contribution in [1.29, 1.82) is 0 Å². The third kappa shape index (κ3) is 3.30. The predicted molar refractivity (Wildman–Crippen MR) is 79.2 cm³/mol. The van der Waals surface area contributed by atoms with Crippen LogP contribution in [0.5, 0.6) is 0 Å². The lowest BCUT2D eigenvalue weighted by atomic mass is 10.2. The van der Waals surface area contributed by atoms with Gasteiger partial charge >= 0.3 is 0 Å². The smallest absolute Gasteiger partial charge is 0.258 e. The van der Waals surface area contributed by atoms with E-state index in [0.29, 0.717) is 5.82 Å². The van der Waals surface area contributed by atoms with Crippen LogP contribution in [0.25, 0.3) is 0 Å². The molecule has 0 spiro atoms. The van der Waals surface area contributed by atoms with E-state index in [4.69, 9.17) is 23.2 Å². The van der Waals surface area contributed by atoms with Crippen LogP contribution in [-0.4, -0.2) is 15.9 Å². The van der Waals surface area contributed by atoms with Crippen molar-refractivity contribution >= 4 is 57.5 Å². The summed E-state index contributed by atoms with van der Waals surface area (Å²) in [7, 11) is 0. The quantitative estimate of drug-likeness (QED) is 0.626. The highest BCUT2D eigenvalue weighted by Gasteiger charge is 2.12. The summed E-state index contributed by atoms with van der Waals surface area (Å²) < 4.78 is 0.982. The molecule has 0 unspecified atom stereocenters. The van der Waals surface area contributed by atoms with Gasteiger partial charge in [-0.1, -0.05) is 23.2 Å². The maximum atomic E-state index is 11.9. The predicted octanol–water partition coefficient (Wildman–Crippen LogP) is 3.64. The van der Waals surface area contributed by atoms with E-state index < -0.39 is 0 Å². The van der Waals surface area contributed by atoms with Gasteiger partial charge in [0.25, 0.3) is 5.91 Å². The summed E-state index contributed by atoms with van der Waals surface area (Å²) in [5.74, 6) is 0.0717. The van der Waals surface area contributed by atoms with Crippen molar-refractivity contribution in [3.63, 3.8) is 0 Å². The Morgan fingerprint density at radius 1 is 1.22 bits per heavy atom. The van der Waals surface area contributed by atoms with Crippen LogP contribution in [0.4, 0.5) is 5.82 Å². The lowest BCUT2D eigenvalue weighted by molar-refractivity contribution is 0.102. The second-order valence-electron chi connectivity index (χ2n) is 3.30. The monoisotopic (exact) mass is 393 g/mol. The molecule has 0 aliphatic rings. The zero-order valence-electron chi connectivity index (χ0n) is 8.82. The van der Waals surface area contributed by atoms with Crippen molar-refractivity contribution in [1.82, 2.24) is 9.97 Å². The van der Waals surface area contributed by atoms with Crippen molar-refractivity contribution in [2.24, 2.45) is 0 Å². The minimum atomic E-state index is -0.377. The molecule has 2 aromatic rings. The number of hydrogen-bond donors (Lipinski definition) is 1. The molecule has 0 saturated carbocycles. The number of aromatic nitrogens is 2. The molecule has 2 aromatic heterocycles. The van der Waals surface area contributed by atoms with Gasteiger partial charge in [0, 0.05) is 16.0 Å². The van der Waals surface area contributed by atoms with Crippen LogP contribution < -0.4 is 5.32 Å². The van der Waals surface area contributed by atoms with Crippen molar-refractivity contribution in [3.8, 4) is 0 Å². The maximum absolute atomic E-state index is 11.9. The Morgan fingerprint density at radius 3 is 2.67 bits per heavy atom. The number of carbonyl (C=O) groups is 1. The lowest BCUT2D eigenvalue weighted by Gasteiger charge is -2.06. The fourth-order valence-corrected chi connectivity index (χ4v) is 1.89. The van der Waals surface area contributed by atoms with E-state index in [9.17, 15) is 4.79 Å². The summed E-state index contributed by atoms with van der Waals surface area (Å²) in [5, 5.41) is 3.08. The Kier molecular flexibility index (Phi) is 4.36. The number of rotatable bonds is 2. The topological polar surface area (TPSA) is 54.9 Å². The van der Waals surface area contributed by atoms with E-state index in [1.165, 1.54) is 12.3 Å². The number of halogens is 3. The molecule has 1 N–H and O–H groups in total. The molecule has 7 heteroatoms. The summed E-state index contributed by atoms with van der Waals surface area (Å²) in [4.78, 5) is 19.8. The van der Waals surface area contributed by atoms with Crippen LogP contribution in [0.2, 0.25) is 10.2 Å². The number of hydrogen-bond acceptors (Lipinski definition) is 3. The van der Waals surface area contributed by atoms with Crippen molar-refractivity contribution in [2.75, 3.05) is 5.32 Å². The minimum Gasteiger partial charge on any atom is -0.307 e. The van der Waals surface area contributed by atoms with E-state index in [1.54, 1.807) is 12.3 Å². The zero-order valence-corrected chi connectivity index (χ0v) is 12.5. The summed E-state index contributed by atoms with van der Waals surface area (Å²) in [6.07, 6.45) is 2.98. The molecule has 4 nitrogen and oxygen atoms in total. The number of nitrogens with zero attached hydrogens (tertiary/aromatic N) is 2. The van der Waals surface area contributed by atoms with Crippen molar-refractivity contribution in [2.45, 2.75) is 0 Å². The zero-order chi connectivity index (χ0) is 13.1. The van der Waals surface area contributed by atoms with Crippen LogP contribution in [0.3, 0.4) is 0 Å². The fourth-order valence-electron chi connectivity index (χ4n) is 1.22. The van der Waals surface area contributed by atoms with Gasteiger partial charge in [0.05, 0.1) is 10.6 Å². The van der Waals surface area contributed by atoms with E-state index in [2.05, 4.69) is 37.9 Å². The molecule has 0 radical (unpaired) electrons. The molecular formula is C11H6Cl2IN3O. The molecule has 0 atom stereocenters. The number of nitrogens with one attached hydrogen (secondary N) is 1. The Balaban J connectivity index is 2.21. The highest BCUT2D eigenvalue weighted by Crippen LogP contribution is 2.19. The van der Waals surface area contributed by atoms with Gasteiger partial charge in [-0.05, 0) is 40.8 Å². The first-order valence-electron chi connectivity index (χ1n) is 4.80. The lowest BCUT2D eigenvalue weighted by Crippen LogP contribution is -2.13. The van der Waals surface area contributed by atoms with Gasteiger partial charge in [0.15, 0.2) is 0 Å². The molecule has 0 aliphatic carbocycles. The van der Waals surface area contributed by atoms with Gasteiger partial charge < -0.3 is 5.32 Å². The van der Waals surface area contributed by atoms with E-state index in [0.717, 1.165) is 3.57 Å². The second kappa shape index (κ2) is 5.81. The molecule has 0 aromatic carbocycles.